The number of nitrogens with two attached hydrogens (primary N) is 1. The summed E-state index contributed by atoms with van der Waals surface area (Å²) >= 11 is 0. The lowest BCUT2D eigenvalue weighted by Crippen LogP contribution is -2.34. The molecule has 1 unspecified atom stereocenters. The molecule has 0 heterocycles. The van der Waals surface area contributed by atoms with Crippen LogP contribution in [0.15, 0.2) is 12.2 Å². The van der Waals surface area contributed by atoms with E-state index in [0.717, 1.165) is 38.5 Å². The van der Waals surface area contributed by atoms with Crippen molar-refractivity contribution in [1.82, 2.24) is 0 Å². The third-order valence-corrected chi connectivity index (χ3v) is 12.5. The van der Waals surface area contributed by atoms with Gasteiger partial charge in [-0.3, -0.25) is 23.4 Å². The van der Waals surface area contributed by atoms with Gasteiger partial charge in [0.05, 0.1) is 13.2 Å². The Morgan fingerprint density at radius 2 is 0.806 bits per heavy atom. The van der Waals surface area contributed by atoms with E-state index in [1.807, 2.05) is 0 Å². The number of allylic oxidation sites excluding steroid dienone is 2. The summed E-state index contributed by atoms with van der Waals surface area (Å²) in [6.07, 6.45) is 48.4. The zero-order valence-electron chi connectivity index (χ0n) is 40.0. The summed E-state index contributed by atoms with van der Waals surface area (Å²) in [6.45, 7) is 2.85. The van der Waals surface area contributed by atoms with E-state index >= 15 is 0 Å². The number of carboxylic acid groups (broad SMARTS) is 1. The quantitative estimate of drug-likeness (QED) is 0.0230. The fraction of sp³-hybridized carbons (Fsp3) is 0.900. The first kappa shape index (κ1) is 60.2. The minimum atomic E-state index is -4.72. The van der Waals surface area contributed by atoms with Crippen LogP contribution in [0.3, 0.4) is 0 Å². The molecule has 0 aromatic heterocycles. The molecular formula is C50H96NO10P. The van der Waals surface area contributed by atoms with Gasteiger partial charge in [0, 0.05) is 12.8 Å². The Morgan fingerprint density at radius 3 is 1.18 bits per heavy atom. The molecular weight excluding hydrogens is 806 g/mol. The van der Waals surface area contributed by atoms with Gasteiger partial charge in [-0.15, -0.1) is 0 Å². The predicted octanol–water partition coefficient (Wildman–Crippen LogP) is 14.4. The monoisotopic (exact) mass is 902 g/mol. The fourth-order valence-corrected chi connectivity index (χ4v) is 8.25. The number of phosphoric ester groups is 1. The number of carboxylic acids is 1. The highest BCUT2D eigenvalue weighted by molar-refractivity contribution is 7.47. The van der Waals surface area contributed by atoms with Crippen molar-refractivity contribution in [2.24, 2.45) is 5.73 Å². The number of hydrogen-bond donors (Lipinski definition) is 3. The number of esters is 2. The molecule has 3 atom stereocenters. The average Bonchev–Trinajstić information content (AvgIpc) is 3.25. The van der Waals surface area contributed by atoms with Crippen LogP contribution in [-0.2, 0) is 37.5 Å². The standard InChI is InChI=1S/C50H96NO10P/c1-3-5-7-9-11-13-15-17-19-21-22-23-24-26-28-30-32-34-36-38-40-42-49(53)61-46(44-59-62(56,57)60-45-47(51)50(54)55)43-58-48(52)41-39-37-35-33-31-29-27-25-20-18-16-14-12-10-8-6-4-2/h17,19,46-47H,3-16,18,20-45,51H2,1-2H3,(H,54,55)(H,56,57)/b19-17-/t46-,47+/m1/s1. The van der Waals surface area contributed by atoms with E-state index < -0.39 is 51.1 Å². The van der Waals surface area contributed by atoms with Gasteiger partial charge in [-0.25, -0.2) is 4.57 Å². The van der Waals surface area contributed by atoms with Crippen LogP contribution in [-0.4, -0.2) is 59.9 Å². The highest BCUT2D eigenvalue weighted by atomic mass is 31.2. The van der Waals surface area contributed by atoms with Crippen LogP contribution < -0.4 is 5.73 Å². The topological polar surface area (TPSA) is 172 Å². The number of ether oxygens (including phenoxy) is 2. The van der Waals surface area contributed by atoms with Crippen molar-refractivity contribution in [2.45, 2.75) is 270 Å². The number of carbonyl (C=O) groups excluding carboxylic acids is 2. The van der Waals surface area contributed by atoms with E-state index in [2.05, 4.69) is 30.5 Å². The Labute approximate surface area is 379 Å². The SMILES string of the molecule is CCCCCCCC/C=C\CCCCCCCCCCCCCC(=O)O[C@H](COC(=O)CCCCCCCCCCCCCCCCCCC)COP(=O)(O)OC[C@H](N)C(=O)O. The molecule has 0 amide bonds. The molecule has 366 valence electrons. The number of carbonyl (C=O) groups is 3. The maximum Gasteiger partial charge on any atom is 0.472 e. The van der Waals surface area contributed by atoms with Gasteiger partial charge in [-0.1, -0.05) is 219 Å². The summed E-state index contributed by atoms with van der Waals surface area (Å²) in [5.41, 5.74) is 5.35. The Bertz CT molecular complexity index is 1110. The van der Waals surface area contributed by atoms with Crippen LogP contribution in [0.25, 0.3) is 0 Å². The first-order chi connectivity index (χ1) is 30.1. The van der Waals surface area contributed by atoms with Gasteiger partial charge in [0.2, 0.25) is 0 Å². The third kappa shape index (κ3) is 44.8. The number of aliphatic carboxylic acids is 1. The first-order valence-electron chi connectivity index (χ1n) is 25.7. The number of hydrogen-bond acceptors (Lipinski definition) is 9. The molecule has 0 bridgehead atoms. The lowest BCUT2D eigenvalue weighted by Gasteiger charge is -2.20. The van der Waals surface area contributed by atoms with Crippen LogP contribution in [0.4, 0.5) is 0 Å². The Hall–Kier alpha value is -1.78. The summed E-state index contributed by atoms with van der Waals surface area (Å²) in [5, 5.41) is 8.92. The smallest absolute Gasteiger partial charge is 0.472 e. The fourth-order valence-electron chi connectivity index (χ4n) is 7.47. The second-order valence-corrected chi connectivity index (χ2v) is 19.1. The second kappa shape index (κ2) is 45.8. The average molecular weight is 902 g/mol. The van der Waals surface area contributed by atoms with Crippen molar-refractivity contribution >= 4 is 25.7 Å². The van der Waals surface area contributed by atoms with Gasteiger partial charge >= 0.3 is 25.7 Å². The summed E-state index contributed by atoms with van der Waals surface area (Å²) < 4.78 is 32.9. The summed E-state index contributed by atoms with van der Waals surface area (Å²) in [7, 11) is -4.72. The number of rotatable bonds is 49. The molecule has 0 aromatic carbocycles. The number of phosphoric acid groups is 1. The second-order valence-electron chi connectivity index (χ2n) is 17.7. The molecule has 0 aliphatic heterocycles. The van der Waals surface area contributed by atoms with E-state index in [1.54, 1.807) is 0 Å². The lowest BCUT2D eigenvalue weighted by molar-refractivity contribution is -0.161. The predicted molar refractivity (Wildman–Crippen MR) is 254 cm³/mol. The minimum Gasteiger partial charge on any atom is -0.480 e. The van der Waals surface area contributed by atoms with Crippen LogP contribution in [0.2, 0.25) is 0 Å². The minimum absolute atomic E-state index is 0.165. The third-order valence-electron chi connectivity index (χ3n) is 11.5. The van der Waals surface area contributed by atoms with E-state index in [9.17, 15) is 23.8 Å². The van der Waals surface area contributed by atoms with Crippen molar-refractivity contribution in [1.29, 1.82) is 0 Å². The van der Waals surface area contributed by atoms with Crippen molar-refractivity contribution < 1.29 is 47.5 Å². The molecule has 0 radical (unpaired) electrons. The molecule has 62 heavy (non-hydrogen) atoms. The van der Waals surface area contributed by atoms with Crippen LogP contribution in [0.5, 0.6) is 0 Å². The molecule has 0 aliphatic carbocycles. The van der Waals surface area contributed by atoms with Gasteiger partial charge in [0.1, 0.15) is 12.6 Å². The summed E-state index contributed by atoms with van der Waals surface area (Å²) in [5.74, 6) is -2.36. The van der Waals surface area contributed by atoms with Crippen molar-refractivity contribution in [3.05, 3.63) is 12.2 Å². The zero-order chi connectivity index (χ0) is 45.6. The highest BCUT2D eigenvalue weighted by Gasteiger charge is 2.28. The van der Waals surface area contributed by atoms with Crippen LogP contribution in [0.1, 0.15) is 258 Å². The summed E-state index contributed by atoms with van der Waals surface area (Å²) in [6, 6.07) is -1.52. The molecule has 0 saturated heterocycles. The van der Waals surface area contributed by atoms with E-state index in [4.69, 9.17) is 24.8 Å². The molecule has 0 fully saturated rings. The van der Waals surface area contributed by atoms with Crippen molar-refractivity contribution in [3.63, 3.8) is 0 Å². The molecule has 0 spiro atoms. The van der Waals surface area contributed by atoms with Gasteiger partial charge in [0.25, 0.3) is 0 Å². The summed E-state index contributed by atoms with van der Waals surface area (Å²) in [4.78, 5) is 46.2. The largest absolute Gasteiger partial charge is 0.480 e. The molecule has 0 saturated carbocycles. The highest BCUT2D eigenvalue weighted by Crippen LogP contribution is 2.43. The Kier molecular flexibility index (Phi) is 44.5. The van der Waals surface area contributed by atoms with Gasteiger partial charge in [0.15, 0.2) is 6.10 Å². The van der Waals surface area contributed by atoms with Crippen LogP contribution in [0, 0.1) is 0 Å². The van der Waals surface area contributed by atoms with Gasteiger partial charge < -0.3 is 25.2 Å². The first-order valence-corrected chi connectivity index (χ1v) is 27.2. The molecule has 0 rings (SSSR count). The van der Waals surface area contributed by atoms with Crippen LogP contribution >= 0.6 is 7.82 Å². The van der Waals surface area contributed by atoms with Crippen molar-refractivity contribution in [3.8, 4) is 0 Å². The normalized spacial score (nSPS) is 13.6. The molecule has 12 heteroatoms. The van der Waals surface area contributed by atoms with E-state index in [1.165, 1.54) is 180 Å². The Morgan fingerprint density at radius 1 is 0.484 bits per heavy atom. The van der Waals surface area contributed by atoms with E-state index in [0.29, 0.717) is 12.8 Å². The van der Waals surface area contributed by atoms with E-state index in [-0.39, 0.29) is 19.4 Å². The van der Waals surface area contributed by atoms with Gasteiger partial charge in [-0.2, -0.15) is 0 Å². The zero-order valence-corrected chi connectivity index (χ0v) is 40.9. The Balaban J connectivity index is 4.21. The maximum atomic E-state index is 12.7. The van der Waals surface area contributed by atoms with Gasteiger partial charge in [-0.05, 0) is 38.5 Å². The lowest BCUT2D eigenvalue weighted by atomic mass is 10.0. The maximum absolute atomic E-state index is 12.7. The molecule has 4 N–H and O–H groups in total. The molecule has 0 aliphatic rings. The van der Waals surface area contributed by atoms with Crippen molar-refractivity contribution in [2.75, 3.05) is 19.8 Å². The molecule has 11 nitrogen and oxygen atoms in total. The number of unbranched alkanes of at least 4 members (excludes halogenated alkanes) is 33. The molecule has 0 aromatic rings.